The summed E-state index contributed by atoms with van der Waals surface area (Å²) in [7, 11) is 0. The van der Waals surface area contributed by atoms with E-state index in [1.807, 2.05) is 27.7 Å². The van der Waals surface area contributed by atoms with Crippen molar-refractivity contribution >= 4 is 6.09 Å². The van der Waals surface area contributed by atoms with Crippen LogP contribution in [0.4, 0.5) is 4.79 Å². The number of aromatic amines is 1. The first-order chi connectivity index (χ1) is 7.87. The molecule has 0 aromatic carbocycles. The fraction of sp³-hybridized carbons (Fsp3) is 0.500. The standard InChI is InChI=1S/C12H17N3O2/c1-9-14-8-10(15-9)6-5-7-13-11(16)17-12(2,3)4/h8H,7H2,1-4H3,(H,13,16)(H,14,15). The van der Waals surface area contributed by atoms with E-state index in [-0.39, 0.29) is 6.54 Å². The normalized spacial score (nSPS) is 10.4. The quantitative estimate of drug-likeness (QED) is 0.726. The van der Waals surface area contributed by atoms with Crippen LogP contribution in [0.3, 0.4) is 0 Å². The van der Waals surface area contributed by atoms with Crippen LogP contribution in [-0.2, 0) is 4.74 Å². The van der Waals surface area contributed by atoms with Crippen molar-refractivity contribution in [1.82, 2.24) is 15.3 Å². The molecule has 0 unspecified atom stereocenters. The molecular weight excluding hydrogens is 218 g/mol. The van der Waals surface area contributed by atoms with Crippen LogP contribution in [0.2, 0.25) is 0 Å². The molecule has 1 heterocycles. The third-order valence-electron chi connectivity index (χ3n) is 1.65. The van der Waals surface area contributed by atoms with Crippen LogP contribution in [0.25, 0.3) is 0 Å². The van der Waals surface area contributed by atoms with Crippen molar-refractivity contribution < 1.29 is 9.53 Å². The third kappa shape index (κ3) is 5.61. The number of hydrogen-bond donors (Lipinski definition) is 2. The highest BCUT2D eigenvalue weighted by Gasteiger charge is 2.14. The molecular formula is C12H17N3O2. The van der Waals surface area contributed by atoms with Crippen molar-refractivity contribution in [2.45, 2.75) is 33.3 Å². The van der Waals surface area contributed by atoms with Crippen LogP contribution in [0.15, 0.2) is 6.20 Å². The molecule has 1 aromatic heterocycles. The van der Waals surface area contributed by atoms with Crippen LogP contribution in [0.1, 0.15) is 32.3 Å². The van der Waals surface area contributed by atoms with E-state index in [9.17, 15) is 4.79 Å². The number of carbonyl (C=O) groups excluding carboxylic acids is 1. The van der Waals surface area contributed by atoms with E-state index in [1.54, 1.807) is 6.20 Å². The first-order valence-electron chi connectivity index (χ1n) is 5.34. The molecule has 0 radical (unpaired) electrons. The highest BCUT2D eigenvalue weighted by molar-refractivity contribution is 5.68. The highest BCUT2D eigenvalue weighted by Crippen LogP contribution is 2.05. The summed E-state index contributed by atoms with van der Waals surface area (Å²) in [6.45, 7) is 7.53. The van der Waals surface area contributed by atoms with Crippen LogP contribution < -0.4 is 5.32 Å². The molecule has 1 aromatic rings. The Morgan fingerprint density at radius 2 is 2.29 bits per heavy atom. The molecule has 0 aliphatic carbocycles. The number of aryl methyl sites for hydroxylation is 1. The van der Waals surface area contributed by atoms with E-state index in [2.05, 4.69) is 27.1 Å². The average Bonchev–Trinajstić information content (AvgIpc) is 2.56. The molecule has 1 amide bonds. The SMILES string of the molecule is Cc1ncc(C#CCNC(=O)OC(C)(C)C)[nH]1. The van der Waals surface area contributed by atoms with E-state index < -0.39 is 11.7 Å². The summed E-state index contributed by atoms with van der Waals surface area (Å²) in [6, 6.07) is 0. The van der Waals surface area contributed by atoms with Gasteiger partial charge in [-0.1, -0.05) is 5.92 Å². The van der Waals surface area contributed by atoms with Crippen LogP contribution in [0, 0.1) is 18.8 Å². The van der Waals surface area contributed by atoms with Crippen LogP contribution in [0.5, 0.6) is 0 Å². The van der Waals surface area contributed by atoms with Crippen LogP contribution >= 0.6 is 0 Å². The molecule has 0 bridgehead atoms. The van der Waals surface area contributed by atoms with Gasteiger partial charge in [-0.3, -0.25) is 0 Å². The van der Waals surface area contributed by atoms with E-state index in [0.717, 1.165) is 11.5 Å². The van der Waals surface area contributed by atoms with Crippen molar-refractivity contribution in [3.05, 3.63) is 17.7 Å². The molecule has 0 aliphatic heterocycles. The smallest absolute Gasteiger partial charge is 0.408 e. The molecule has 5 nitrogen and oxygen atoms in total. The zero-order chi connectivity index (χ0) is 12.9. The predicted octanol–water partition coefficient (Wildman–Crippen LogP) is 1.59. The van der Waals surface area contributed by atoms with E-state index in [1.165, 1.54) is 0 Å². The Balaban J connectivity index is 2.33. The Hall–Kier alpha value is -1.96. The topological polar surface area (TPSA) is 67.0 Å². The predicted molar refractivity (Wildman–Crippen MR) is 64.4 cm³/mol. The first-order valence-corrected chi connectivity index (χ1v) is 5.34. The van der Waals surface area contributed by atoms with Crippen LogP contribution in [-0.4, -0.2) is 28.2 Å². The lowest BCUT2D eigenvalue weighted by Gasteiger charge is -2.18. The molecule has 17 heavy (non-hydrogen) atoms. The average molecular weight is 235 g/mol. The summed E-state index contributed by atoms with van der Waals surface area (Å²) in [6.07, 6.45) is 1.18. The zero-order valence-corrected chi connectivity index (χ0v) is 10.5. The molecule has 5 heteroatoms. The van der Waals surface area contributed by atoms with E-state index in [4.69, 9.17) is 4.74 Å². The molecule has 2 N–H and O–H groups in total. The van der Waals surface area contributed by atoms with Gasteiger partial charge in [0, 0.05) is 0 Å². The van der Waals surface area contributed by atoms with Gasteiger partial charge in [-0.05, 0) is 33.6 Å². The number of rotatable bonds is 1. The van der Waals surface area contributed by atoms with Gasteiger partial charge in [-0.2, -0.15) is 0 Å². The highest BCUT2D eigenvalue weighted by atomic mass is 16.6. The van der Waals surface area contributed by atoms with E-state index in [0.29, 0.717) is 0 Å². The van der Waals surface area contributed by atoms with Gasteiger partial charge in [-0.15, -0.1) is 0 Å². The lowest BCUT2D eigenvalue weighted by molar-refractivity contribution is 0.0535. The number of imidazole rings is 1. The Labute approximate surface area is 101 Å². The lowest BCUT2D eigenvalue weighted by Crippen LogP contribution is -2.32. The number of carbonyl (C=O) groups is 1. The zero-order valence-electron chi connectivity index (χ0n) is 10.5. The Kier molecular flexibility index (Phi) is 4.16. The monoisotopic (exact) mass is 235 g/mol. The van der Waals surface area contributed by atoms with Gasteiger partial charge in [0.05, 0.1) is 12.7 Å². The Morgan fingerprint density at radius 1 is 1.59 bits per heavy atom. The summed E-state index contributed by atoms with van der Waals surface area (Å²) in [5.41, 5.74) is 0.242. The van der Waals surface area contributed by atoms with Crippen molar-refractivity contribution in [3.8, 4) is 11.8 Å². The number of aromatic nitrogens is 2. The minimum atomic E-state index is -0.488. The van der Waals surface area contributed by atoms with E-state index >= 15 is 0 Å². The van der Waals surface area contributed by atoms with Gasteiger partial charge in [0.25, 0.3) is 0 Å². The van der Waals surface area contributed by atoms with Crippen molar-refractivity contribution in [3.63, 3.8) is 0 Å². The van der Waals surface area contributed by atoms with Gasteiger partial charge in [-0.25, -0.2) is 9.78 Å². The molecule has 1 rings (SSSR count). The number of ether oxygens (including phenoxy) is 1. The molecule has 0 fully saturated rings. The number of hydrogen-bond acceptors (Lipinski definition) is 3. The molecule has 0 aliphatic rings. The summed E-state index contributed by atoms with van der Waals surface area (Å²) in [5, 5.41) is 2.55. The summed E-state index contributed by atoms with van der Waals surface area (Å²) in [5.74, 6) is 6.46. The molecule has 0 spiro atoms. The number of amides is 1. The van der Waals surface area contributed by atoms with Gasteiger partial charge < -0.3 is 15.0 Å². The summed E-state index contributed by atoms with van der Waals surface area (Å²) < 4.78 is 5.06. The second-order valence-electron chi connectivity index (χ2n) is 4.54. The number of alkyl carbamates (subject to hydrolysis) is 1. The largest absolute Gasteiger partial charge is 0.444 e. The van der Waals surface area contributed by atoms with Gasteiger partial charge in [0.1, 0.15) is 17.1 Å². The Bertz CT molecular complexity index is 446. The summed E-state index contributed by atoms with van der Waals surface area (Å²) >= 11 is 0. The molecule has 0 atom stereocenters. The first kappa shape index (κ1) is 13.1. The minimum absolute atomic E-state index is 0.243. The van der Waals surface area contributed by atoms with Crippen molar-refractivity contribution in [2.24, 2.45) is 0 Å². The number of nitrogens with zero attached hydrogens (tertiary/aromatic N) is 1. The van der Waals surface area contributed by atoms with Crippen molar-refractivity contribution in [1.29, 1.82) is 0 Å². The second-order valence-corrected chi connectivity index (χ2v) is 4.54. The fourth-order valence-electron chi connectivity index (χ4n) is 1.05. The maximum absolute atomic E-state index is 11.3. The van der Waals surface area contributed by atoms with Gasteiger partial charge in [0.15, 0.2) is 0 Å². The second kappa shape index (κ2) is 5.39. The van der Waals surface area contributed by atoms with Gasteiger partial charge >= 0.3 is 6.09 Å². The maximum Gasteiger partial charge on any atom is 0.408 e. The Morgan fingerprint density at radius 3 is 2.82 bits per heavy atom. The summed E-state index contributed by atoms with van der Waals surface area (Å²) in [4.78, 5) is 18.2. The van der Waals surface area contributed by atoms with Crippen molar-refractivity contribution in [2.75, 3.05) is 6.54 Å². The van der Waals surface area contributed by atoms with Gasteiger partial charge in [0.2, 0.25) is 0 Å². The minimum Gasteiger partial charge on any atom is -0.444 e. The lowest BCUT2D eigenvalue weighted by atomic mass is 10.2. The molecule has 0 saturated heterocycles. The third-order valence-corrected chi connectivity index (χ3v) is 1.65. The number of H-pyrrole nitrogens is 1. The number of nitrogens with one attached hydrogen (secondary N) is 2. The molecule has 92 valence electrons. The fourth-order valence-corrected chi connectivity index (χ4v) is 1.05. The maximum atomic E-state index is 11.3. The molecule has 0 saturated carbocycles.